The van der Waals surface area contributed by atoms with Crippen LogP contribution in [0.15, 0.2) is 42.5 Å². The molecular weight excluding hydrogens is 394 g/mol. The first kappa shape index (κ1) is 22.2. The van der Waals surface area contributed by atoms with E-state index in [-0.39, 0.29) is 12.0 Å². The van der Waals surface area contributed by atoms with Gasteiger partial charge in [-0.1, -0.05) is 50.6 Å². The van der Waals surface area contributed by atoms with Gasteiger partial charge < -0.3 is 10.1 Å². The Labute approximate surface area is 174 Å². The number of aryl methyl sites for hydroxylation is 1. The molecule has 0 bridgehead atoms. The molecule has 2 aromatic carbocycles. The third kappa shape index (κ3) is 6.80. The number of hydrogen-bond donors (Lipinski definition) is 3. The third-order valence-electron chi connectivity index (χ3n) is 4.04. The number of rotatable bonds is 4. The predicted octanol–water partition coefficient (Wildman–Crippen LogP) is 3.11. The van der Waals surface area contributed by atoms with Gasteiger partial charge in [0.25, 0.3) is 5.91 Å². The first-order valence-electron chi connectivity index (χ1n) is 8.96. The molecule has 2 rings (SSSR count). The van der Waals surface area contributed by atoms with Crippen molar-refractivity contribution in [3.63, 3.8) is 0 Å². The maximum absolute atomic E-state index is 11.9. The van der Waals surface area contributed by atoms with Gasteiger partial charge in [-0.15, -0.1) is 0 Å². The van der Waals surface area contributed by atoms with E-state index in [4.69, 9.17) is 16.3 Å². The van der Waals surface area contributed by atoms with E-state index in [1.807, 2.05) is 24.5 Å². The second-order valence-electron chi connectivity index (χ2n) is 7.48. The largest absolute Gasteiger partial charge is 0.484 e. The van der Waals surface area contributed by atoms with E-state index in [9.17, 15) is 14.4 Å². The SMILES string of the molecule is Cc1ccc(NC(=O)C(=O)NNC(=O)COc2ccc(C(C)(C)C)cc2)cc1Cl. The zero-order valence-electron chi connectivity index (χ0n) is 16.8. The zero-order valence-corrected chi connectivity index (χ0v) is 17.5. The monoisotopic (exact) mass is 417 g/mol. The summed E-state index contributed by atoms with van der Waals surface area (Å²) >= 11 is 5.97. The van der Waals surface area contributed by atoms with E-state index in [1.54, 1.807) is 24.3 Å². The van der Waals surface area contributed by atoms with E-state index in [2.05, 4.69) is 31.5 Å². The summed E-state index contributed by atoms with van der Waals surface area (Å²) in [5, 5.41) is 2.85. The molecule has 2 aromatic rings. The summed E-state index contributed by atoms with van der Waals surface area (Å²) in [6.07, 6.45) is 0. The molecule has 8 heteroatoms. The second kappa shape index (κ2) is 9.43. The Hall–Kier alpha value is -3.06. The lowest BCUT2D eigenvalue weighted by molar-refractivity contribution is -0.138. The molecule has 3 N–H and O–H groups in total. The zero-order chi connectivity index (χ0) is 21.6. The summed E-state index contributed by atoms with van der Waals surface area (Å²) in [4.78, 5) is 35.5. The molecular formula is C21H24ClN3O4. The molecule has 0 aliphatic heterocycles. The highest BCUT2D eigenvalue weighted by Crippen LogP contribution is 2.24. The van der Waals surface area contributed by atoms with Crippen LogP contribution in [0.2, 0.25) is 5.02 Å². The first-order valence-corrected chi connectivity index (χ1v) is 9.34. The van der Waals surface area contributed by atoms with Crippen LogP contribution in [0.4, 0.5) is 5.69 Å². The number of hydrogen-bond acceptors (Lipinski definition) is 4. The number of nitrogens with one attached hydrogen (secondary N) is 3. The van der Waals surface area contributed by atoms with Gasteiger partial charge in [-0.3, -0.25) is 25.2 Å². The fourth-order valence-corrected chi connectivity index (χ4v) is 2.46. The Kier molecular flexibility index (Phi) is 7.23. The van der Waals surface area contributed by atoms with Crippen LogP contribution in [0, 0.1) is 6.92 Å². The number of amides is 3. The van der Waals surface area contributed by atoms with Crippen molar-refractivity contribution in [1.82, 2.24) is 10.9 Å². The summed E-state index contributed by atoms with van der Waals surface area (Å²) < 4.78 is 5.37. The Morgan fingerprint density at radius 1 is 0.966 bits per heavy atom. The van der Waals surface area contributed by atoms with E-state index in [0.717, 1.165) is 11.1 Å². The van der Waals surface area contributed by atoms with Gasteiger partial charge in [0.15, 0.2) is 6.61 Å². The average Bonchev–Trinajstić information content (AvgIpc) is 2.66. The number of ether oxygens (including phenoxy) is 1. The second-order valence-corrected chi connectivity index (χ2v) is 7.89. The molecule has 154 valence electrons. The number of benzene rings is 2. The van der Waals surface area contributed by atoms with Gasteiger partial charge in [0.2, 0.25) is 0 Å². The number of anilines is 1. The van der Waals surface area contributed by atoms with Crippen molar-refractivity contribution in [1.29, 1.82) is 0 Å². The summed E-state index contributed by atoms with van der Waals surface area (Å²) in [7, 11) is 0. The topological polar surface area (TPSA) is 96.5 Å². The molecule has 0 fully saturated rings. The number of halogens is 1. The van der Waals surface area contributed by atoms with Gasteiger partial charge in [-0.2, -0.15) is 0 Å². The molecule has 0 saturated heterocycles. The summed E-state index contributed by atoms with van der Waals surface area (Å²) in [6, 6.07) is 12.2. The van der Waals surface area contributed by atoms with Crippen LogP contribution in [-0.2, 0) is 19.8 Å². The minimum absolute atomic E-state index is 0.0185. The van der Waals surface area contributed by atoms with Crippen LogP contribution >= 0.6 is 11.6 Å². The quantitative estimate of drug-likeness (QED) is 0.526. The summed E-state index contributed by atoms with van der Waals surface area (Å²) in [5.74, 6) is -2.05. The minimum Gasteiger partial charge on any atom is -0.484 e. The molecule has 7 nitrogen and oxygen atoms in total. The van der Waals surface area contributed by atoms with Crippen molar-refractivity contribution < 1.29 is 19.1 Å². The standard InChI is InChI=1S/C21H24ClN3O4/c1-13-5-8-15(11-17(13)22)23-19(27)20(28)25-24-18(26)12-29-16-9-6-14(7-10-16)21(2,3)4/h5-11H,12H2,1-4H3,(H,23,27)(H,24,26)(H,25,28). The van der Waals surface area contributed by atoms with Gasteiger partial charge in [-0.25, -0.2) is 0 Å². The molecule has 0 saturated carbocycles. The first-order chi connectivity index (χ1) is 13.6. The van der Waals surface area contributed by atoms with Gasteiger partial charge in [-0.05, 0) is 47.7 Å². The highest BCUT2D eigenvalue weighted by molar-refractivity contribution is 6.40. The lowest BCUT2D eigenvalue weighted by atomic mass is 9.87. The van der Waals surface area contributed by atoms with Crippen molar-refractivity contribution in [2.45, 2.75) is 33.1 Å². The van der Waals surface area contributed by atoms with Crippen LogP contribution in [0.5, 0.6) is 5.75 Å². The lowest BCUT2D eigenvalue weighted by Gasteiger charge is -2.19. The normalized spacial score (nSPS) is 10.8. The molecule has 0 atom stereocenters. The fraction of sp³-hybridized carbons (Fsp3) is 0.286. The molecule has 29 heavy (non-hydrogen) atoms. The van der Waals surface area contributed by atoms with Crippen molar-refractivity contribution in [2.24, 2.45) is 0 Å². The highest BCUT2D eigenvalue weighted by atomic mass is 35.5. The van der Waals surface area contributed by atoms with Crippen LogP contribution < -0.4 is 20.9 Å². The molecule has 0 aromatic heterocycles. The van der Waals surface area contributed by atoms with Gasteiger partial charge in [0.1, 0.15) is 5.75 Å². The van der Waals surface area contributed by atoms with Crippen molar-refractivity contribution in [3.05, 3.63) is 58.6 Å². The maximum Gasteiger partial charge on any atom is 0.328 e. The number of hydrazine groups is 1. The van der Waals surface area contributed by atoms with Gasteiger partial charge >= 0.3 is 11.8 Å². The molecule has 0 unspecified atom stereocenters. The molecule has 3 amide bonds. The van der Waals surface area contributed by atoms with Crippen LogP contribution in [-0.4, -0.2) is 24.3 Å². The summed E-state index contributed by atoms with van der Waals surface area (Å²) in [5.41, 5.74) is 6.53. The molecule has 0 aliphatic rings. The molecule has 0 radical (unpaired) electrons. The van der Waals surface area contributed by atoms with E-state index < -0.39 is 17.7 Å². The smallest absolute Gasteiger partial charge is 0.328 e. The van der Waals surface area contributed by atoms with E-state index in [0.29, 0.717) is 16.5 Å². The Morgan fingerprint density at radius 3 is 2.21 bits per heavy atom. The maximum atomic E-state index is 11.9. The van der Waals surface area contributed by atoms with Crippen LogP contribution in [0.1, 0.15) is 31.9 Å². The van der Waals surface area contributed by atoms with Crippen molar-refractivity contribution >= 4 is 35.0 Å². The summed E-state index contributed by atoms with van der Waals surface area (Å²) in [6.45, 7) is 7.80. The van der Waals surface area contributed by atoms with Crippen LogP contribution in [0.3, 0.4) is 0 Å². The third-order valence-corrected chi connectivity index (χ3v) is 4.45. The van der Waals surface area contributed by atoms with Crippen molar-refractivity contribution in [2.75, 3.05) is 11.9 Å². The van der Waals surface area contributed by atoms with E-state index in [1.165, 1.54) is 6.07 Å². The number of carbonyl (C=O) groups excluding carboxylic acids is 3. The minimum atomic E-state index is -1.02. The Bertz CT molecular complexity index is 905. The van der Waals surface area contributed by atoms with E-state index >= 15 is 0 Å². The lowest BCUT2D eigenvalue weighted by Crippen LogP contribution is -2.48. The van der Waals surface area contributed by atoms with Gasteiger partial charge in [0.05, 0.1) is 0 Å². The van der Waals surface area contributed by atoms with Crippen LogP contribution in [0.25, 0.3) is 0 Å². The number of carbonyl (C=O) groups is 3. The average molecular weight is 418 g/mol. The fourth-order valence-electron chi connectivity index (χ4n) is 2.28. The van der Waals surface area contributed by atoms with Gasteiger partial charge in [0, 0.05) is 10.7 Å². The van der Waals surface area contributed by atoms with Crippen molar-refractivity contribution in [3.8, 4) is 5.75 Å². The molecule has 0 spiro atoms. The molecule has 0 heterocycles. The highest BCUT2D eigenvalue weighted by Gasteiger charge is 2.16. The Morgan fingerprint density at radius 2 is 1.62 bits per heavy atom. The molecule has 0 aliphatic carbocycles. The Balaban J connectivity index is 1.77. The predicted molar refractivity (Wildman–Crippen MR) is 112 cm³/mol.